The fraction of sp³-hybridized carbons (Fsp3) is 0. The number of nitrogens with one attached hydrogen (secondary N) is 1. The van der Waals surface area contributed by atoms with Gasteiger partial charge in [-0.25, -0.2) is 9.97 Å². The molecule has 108 valence electrons. The van der Waals surface area contributed by atoms with Crippen LogP contribution < -0.4 is 5.32 Å². The highest BCUT2D eigenvalue weighted by molar-refractivity contribution is 6.36. The van der Waals surface area contributed by atoms with E-state index in [1.165, 1.54) is 12.3 Å². The lowest BCUT2D eigenvalue weighted by atomic mass is 10.2. The minimum Gasteiger partial charge on any atom is -0.338 e. The van der Waals surface area contributed by atoms with Gasteiger partial charge >= 0.3 is 0 Å². The van der Waals surface area contributed by atoms with E-state index >= 15 is 0 Å². The van der Waals surface area contributed by atoms with Crippen molar-refractivity contribution < 1.29 is 4.39 Å². The van der Waals surface area contributed by atoms with Crippen LogP contribution in [0.15, 0.2) is 36.5 Å². The summed E-state index contributed by atoms with van der Waals surface area (Å²) in [5.74, 6) is -0.313. The third-order valence-corrected chi connectivity index (χ3v) is 3.52. The third kappa shape index (κ3) is 2.80. The lowest BCUT2D eigenvalue weighted by Crippen LogP contribution is -1.99. The molecule has 7 heteroatoms. The molecule has 0 aliphatic rings. The van der Waals surface area contributed by atoms with Crippen LogP contribution in [-0.4, -0.2) is 9.97 Å². The summed E-state index contributed by atoms with van der Waals surface area (Å²) in [6.45, 7) is 0. The van der Waals surface area contributed by atoms with Gasteiger partial charge in [-0.2, -0.15) is 9.65 Å². The smallest absolute Gasteiger partial charge is 0.213 e. The van der Waals surface area contributed by atoms with Gasteiger partial charge in [-0.15, -0.1) is 0 Å². The van der Waals surface area contributed by atoms with Crippen LogP contribution in [0.2, 0.25) is 10.0 Å². The zero-order valence-corrected chi connectivity index (χ0v) is 12.5. The van der Waals surface area contributed by atoms with Crippen molar-refractivity contribution in [1.29, 1.82) is 5.26 Å². The second-order valence-electron chi connectivity index (χ2n) is 4.45. The SMILES string of the molecule is N#Cc1cc2cc(F)ncc2nc1Nc1ccc(Cl)cc1Cl. The van der Waals surface area contributed by atoms with Gasteiger partial charge in [-0.3, -0.25) is 0 Å². The maximum atomic E-state index is 13.1. The second kappa shape index (κ2) is 5.76. The van der Waals surface area contributed by atoms with E-state index in [0.717, 1.165) is 0 Å². The van der Waals surface area contributed by atoms with Gasteiger partial charge in [-0.1, -0.05) is 23.2 Å². The molecule has 22 heavy (non-hydrogen) atoms. The molecule has 0 unspecified atom stereocenters. The largest absolute Gasteiger partial charge is 0.338 e. The van der Waals surface area contributed by atoms with Gasteiger partial charge in [0.2, 0.25) is 5.95 Å². The highest BCUT2D eigenvalue weighted by atomic mass is 35.5. The Kier molecular flexibility index (Phi) is 3.80. The molecule has 4 nitrogen and oxygen atoms in total. The molecule has 0 fully saturated rings. The number of rotatable bonds is 2. The standard InChI is InChI=1S/C15H7Cl2FN4/c16-10-1-2-12(11(17)5-10)21-15-9(6-19)3-8-4-14(18)20-7-13(8)22-15/h1-5,7H,(H,21,22). The molecule has 1 aromatic carbocycles. The first-order valence-electron chi connectivity index (χ1n) is 6.15. The molecule has 0 atom stereocenters. The predicted octanol–water partition coefficient (Wildman–Crippen LogP) is 4.69. The first kappa shape index (κ1) is 14.5. The summed E-state index contributed by atoms with van der Waals surface area (Å²) in [6.07, 6.45) is 1.31. The minimum atomic E-state index is -0.625. The molecule has 3 aromatic rings. The molecule has 0 saturated carbocycles. The van der Waals surface area contributed by atoms with Crippen molar-refractivity contribution in [1.82, 2.24) is 9.97 Å². The molecule has 0 aliphatic heterocycles. The zero-order valence-electron chi connectivity index (χ0n) is 10.9. The van der Waals surface area contributed by atoms with Gasteiger partial charge in [0.15, 0.2) is 0 Å². The normalized spacial score (nSPS) is 10.5. The molecule has 0 radical (unpaired) electrons. The zero-order chi connectivity index (χ0) is 15.7. The van der Waals surface area contributed by atoms with E-state index in [4.69, 9.17) is 23.2 Å². The summed E-state index contributed by atoms with van der Waals surface area (Å²) in [5, 5.41) is 13.6. The monoisotopic (exact) mass is 332 g/mol. The number of benzene rings is 1. The van der Waals surface area contributed by atoms with Crippen LogP contribution in [0.3, 0.4) is 0 Å². The van der Waals surface area contributed by atoms with Crippen LogP contribution >= 0.6 is 23.2 Å². The number of nitriles is 1. The first-order chi connectivity index (χ1) is 10.6. The fourth-order valence-electron chi connectivity index (χ4n) is 1.95. The van der Waals surface area contributed by atoms with Crippen LogP contribution in [0.25, 0.3) is 10.9 Å². The number of halogens is 3. The average Bonchev–Trinajstić information content (AvgIpc) is 2.49. The Bertz CT molecular complexity index is 921. The maximum absolute atomic E-state index is 13.1. The van der Waals surface area contributed by atoms with Crippen LogP contribution in [0.4, 0.5) is 15.9 Å². The molecular formula is C15H7Cl2FN4. The number of nitrogens with zero attached hydrogens (tertiary/aromatic N) is 3. The lowest BCUT2D eigenvalue weighted by Gasteiger charge is -2.10. The Hall–Kier alpha value is -2.42. The Morgan fingerprint density at radius 1 is 1.18 bits per heavy atom. The third-order valence-electron chi connectivity index (χ3n) is 2.97. The van der Waals surface area contributed by atoms with E-state index in [0.29, 0.717) is 32.5 Å². The van der Waals surface area contributed by atoms with E-state index in [-0.39, 0.29) is 5.56 Å². The molecule has 3 rings (SSSR count). The number of fused-ring (bicyclic) bond motifs is 1. The van der Waals surface area contributed by atoms with Crippen molar-refractivity contribution in [3.05, 3.63) is 58.1 Å². The molecule has 2 heterocycles. The van der Waals surface area contributed by atoms with Crippen LogP contribution in [-0.2, 0) is 0 Å². The minimum absolute atomic E-state index is 0.268. The summed E-state index contributed by atoms with van der Waals surface area (Å²) in [6, 6.07) is 9.71. The Morgan fingerprint density at radius 2 is 2.00 bits per heavy atom. The average molecular weight is 333 g/mol. The molecule has 2 aromatic heterocycles. The van der Waals surface area contributed by atoms with Gasteiger partial charge in [0.05, 0.1) is 28.0 Å². The molecule has 1 N–H and O–H groups in total. The Morgan fingerprint density at radius 3 is 2.73 bits per heavy atom. The first-order valence-corrected chi connectivity index (χ1v) is 6.91. The van der Waals surface area contributed by atoms with E-state index < -0.39 is 5.95 Å². The number of pyridine rings is 2. The molecule has 0 aliphatic carbocycles. The van der Waals surface area contributed by atoms with Crippen molar-refractivity contribution in [2.45, 2.75) is 0 Å². The number of hydrogen-bond donors (Lipinski definition) is 1. The summed E-state index contributed by atoms with van der Waals surface area (Å²) in [5.41, 5.74) is 1.29. The highest BCUT2D eigenvalue weighted by Gasteiger charge is 2.10. The van der Waals surface area contributed by atoms with Crippen LogP contribution in [0, 0.1) is 17.3 Å². The van der Waals surface area contributed by atoms with E-state index in [2.05, 4.69) is 15.3 Å². The van der Waals surface area contributed by atoms with Crippen molar-refractivity contribution >= 4 is 45.6 Å². The van der Waals surface area contributed by atoms with E-state index in [1.54, 1.807) is 24.3 Å². The van der Waals surface area contributed by atoms with Crippen LogP contribution in [0.1, 0.15) is 5.56 Å². The van der Waals surface area contributed by atoms with Crippen LogP contribution in [0.5, 0.6) is 0 Å². The summed E-state index contributed by atoms with van der Waals surface area (Å²) in [4.78, 5) is 7.85. The van der Waals surface area contributed by atoms with Gasteiger partial charge < -0.3 is 5.32 Å². The Labute approximate surface area is 135 Å². The van der Waals surface area contributed by atoms with E-state index in [1.807, 2.05) is 6.07 Å². The summed E-state index contributed by atoms with van der Waals surface area (Å²) < 4.78 is 13.1. The fourth-order valence-corrected chi connectivity index (χ4v) is 2.41. The second-order valence-corrected chi connectivity index (χ2v) is 5.29. The van der Waals surface area contributed by atoms with Crippen molar-refractivity contribution in [3.8, 4) is 6.07 Å². The van der Waals surface area contributed by atoms with Crippen molar-refractivity contribution in [2.75, 3.05) is 5.32 Å². The van der Waals surface area contributed by atoms with E-state index in [9.17, 15) is 9.65 Å². The van der Waals surface area contributed by atoms with Gasteiger partial charge in [-0.05, 0) is 24.3 Å². The molecule has 0 spiro atoms. The number of hydrogen-bond acceptors (Lipinski definition) is 4. The lowest BCUT2D eigenvalue weighted by molar-refractivity contribution is 0.586. The Balaban J connectivity index is 2.09. The maximum Gasteiger partial charge on any atom is 0.213 e. The van der Waals surface area contributed by atoms with Gasteiger partial charge in [0.25, 0.3) is 0 Å². The molecule has 0 bridgehead atoms. The van der Waals surface area contributed by atoms with Gasteiger partial charge in [0.1, 0.15) is 11.9 Å². The summed E-state index contributed by atoms with van der Waals surface area (Å²) in [7, 11) is 0. The highest BCUT2D eigenvalue weighted by Crippen LogP contribution is 2.29. The van der Waals surface area contributed by atoms with Crippen molar-refractivity contribution in [2.24, 2.45) is 0 Å². The van der Waals surface area contributed by atoms with Gasteiger partial charge in [0, 0.05) is 16.5 Å². The molecule has 0 amide bonds. The number of aromatic nitrogens is 2. The van der Waals surface area contributed by atoms with Crippen molar-refractivity contribution in [3.63, 3.8) is 0 Å². The summed E-state index contributed by atoms with van der Waals surface area (Å²) >= 11 is 11.9. The molecular weight excluding hydrogens is 326 g/mol. The molecule has 0 saturated heterocycles. The number of anilines is 2. The quantitative estimate of drug-likeness (QED) is 0.691. The topological polar surface area (TPSA) is 61.6 Å². The predicted molar refractivity (Wildman–Crippen MR) is 84.0 cm³/mol.